The average molecular weight is 261 g/mol. The van der Waals surface area contributed by atoms with Gasteiger partial charge in [-0.25, -0.2) is 0 Å². The Kier molecular flexibility index (Phi) is 4.43. The molecule has 0 bridgehead atoms. The minimum Gasteiger partial charge on any atom is -0.383 e. The van der Waals surface area contributed by atoms with Crippen LogP contribution in [0.15, 0.2) is 24.3 Å². The van der Waals surface area contributed by atoms with Crippen LogP contribution < -0.4 is 10.6 Å². The summed E-state index contributed by atoms with van der Waals surface area (Å²) in [5, 5.41) is 6.37. The zero-order chi connectivity index (χ0) is 13.8. The summed E-state index contributed by atoms with van der Waals surface area (Å²) in [5.41, 5.74) is 2.55. The third kappa shape index (κ3) is 3.70. The molecule has 4 nitrogen and oxygen atoms in total. The first kappa shape index (κ1) is 13.9. The van der Waals surface area contributed by atoms with Gasteiger partial charge in [-0.1, -0.05) is 18.2 Å². The standard InChI is InChI=1S/C15H23N3O/c1-11(2)17-15(19)10-18(3)13-8-12-6-4-5-7-14(12)16-9-13/h4-7,11,13,16H,8-10H2,1-3H3,(H,17,19). The highest BCUT2D eigenvalue weighted by molar-refractivity contribution is 5.78. The van der Waals surface area contributed by atoms with Crippen molar-refractivity contribution < 1.29 is 4.79 Å². The molecule has 104 valence electrons. The van der Waals surface area contributed by atoms with E-state index in [1.807, 2.05) is 27.0 Å². The lowest BCUT2D eigenvalue weighted by Crippen LogP contribution is -2.47. The molecule has 1 heterocycles. The number of amides is 1. The van der Waals surface area contributed by atoms with Gasteiger partial charge in [0, 0.05) is 24.3 Å². The van der Waals surface area contributed by atoms with Gasteiger partial charge in [-0.2, -0.15) is 0 Å². The van der Waals surface area contributed by atoms with Gasteiger partial charge in [-0.05, 0) is 38.9 Å². The van der Waals surface area contributed by atoms with Crippen molar-refractivity contribution in [3.8, 4) is 0 Å². The van der Waals surface area contributed by atoms with Crippen molar-refractivity contribution >= 4 is 11.6 Å². The molecule has 1 aliphatic rings. The largest absolute Gasteiger partial charge is 0.383 e. The van der Waals surface area contributed by atoms with Gasteiger partial charge in [0.15, 0.2) is 0 Å². The minimum atomic E-state index is 0.0939. The van der Waals surface area contributed by atoms with Crippen LogP contribution in [-0.4, -0.2) is 43.0 Å². The van der Waals surface area contributed by atoms with Crippen LogP contribution in [0.4, 0.5) is 5.69 Å². The molecule has 1 atom stereocenters. The molecule has 4 heteroatoms. The lowest BCUT2D eigenvalue weighted by molar-refractivity contribution is -0.122. The molecule has 1 aromatic carbocycles. The smallest absolute Gasteiger partial charge is 0.234 e. The van der Waals surface area contributed by atoms with E-state index in [2.05, 4.69) is 33.7 Å². The zero-order valence-corrected chi connectivity index (χ0v) is 11.9. The first-order valence-electron chi connectivity index (χ1n) is 6.87. The van der Waals surface area contributed by atoms with Gasteiger partial charge in [0.1, 0.15) is 0 Å². The van der Waals surface area contributed by atoms with Crippen LogP contribution in [0.5, 0.6) is 0 Å². The van der Waals surface area contributed by atoms with Gasteiger partial charge in [0.2, 0.25) is 5.91 Å². The number of likely N-dealkylation sites (N-methyl/N-ethyl adjacent to an activating group) is 1. The van der Waals surface area contributed by atoms with Crippen molar-refractivity contribution in [2.24, 2.45) is 0 Å². The Hall–Kier alpha value is -1.55. The predicted octanol–water partition coefficient (Wildman–Crippen LogP) is 1.48. The third-order valence-corrected chi connectivity index (χ3v) is 3.47. The molecule has 0 saturated heterocycles. The number of hydrogen-bond acceptors (Lipinski definition) is 3. The van der Waals surface area contributed by atoms with E-state index in [0.717, 1.165) is 13.0 Å². The molecule has 0 aliphatic carbocycles. The molecule has 1 unspecified atom stereocenters. The lowest BCUT2D eigenvalue weighted by Gasteiger charge is -2.33. The molecule has 0 aromatic heterocycles. The average Bonchev–Trinajstić information content (AvgIpc) is 2.37. The predicted molar refractivity (Wildman–Crippen MR) is 78.3 cm³/mol. The van der Waals surface area contributed by atoms with E-state index in [9.17, 15) is 4.79 Å². The number of hydrogen-bond donors (Lipinski definition) is 2. The highest BCUT2D eigenvalue weighted by atomic mass is 16.2. The van der Waals surface area contributed by atoms with Crippen LogP contribution in [-0.2, 0) is 11.2 Å². The van der Waals surface area contributed by atoms with Crippen molar-refractivity contribution in [2.45, 2.75) is 32.4 Å². The van der Waals surface area contributed by atoms with Crippen molar-refractivity contribution in [3.63, 3.8) is 0 Å². The minimum absolute atomic E-state index is 0.0939. The molecule has 2 N–H and O–H groups in total. The molecule has 1 aromatic rings. The van der Waals surface area contributed by atoms with Gasteiger partial charge in [0.25, 0.3) is 0 Å². The number of carbonyl (C=O) groups excluding carboxylic acids is 1. The monoisotopic (exact) mass is 261 g/mol. The Balaban J connectivity index is 1.91. The lowest BCUT2D eigenvalue weighted by atomic mass is 9.99. The van der Waals surface area contributed by atoms with Gasteiger partial charge in [-0.3, -0.25) is 9.69 Å². The Morgan fingerprint density at radius 3 is 2.95 bits per heavy atom. The Morgan fingerprint density at radius 1 is 1.47 bits per heavy atom. The summed E-state index contributed by atoms with van der Waals surface area (Å²) >= 11 is 0. The number of fused-ring (bicyclic) bond motifs is 1. The van der Waals surface area contributed by atoms with Crippen molar-refractivity contribution in [1.29, 1.82) is 0 Å². The number of benzene rings is 1. The second-order valence-electron chi connectivity index (χ2n) is 5.53. The number of anilines is 1. The Labute approximate surface area is 115 Å². The molecule has 1 amide bonds. The van der Waals surface area contributed by atoms with E-state index in [-0.39, 0.29) is 11.9 Å². The Bertz CT molecular complexity index is 445. The Morgan fingerprint density at radius 2 is 2.21 bits per heavy atom. The molecule has 0 spiro atoms. The van der Waals surface area contributed by atoms with Crippen molar-refractivity contribution in [2.75, 3.05) is 25.5 Å². The van der Waals surface area contributed by atoms with Crippen LogP contribution in [0.1, 0.15) is 19.4 Å². The molecule has 0 saturated carbocycles. The number of nitrogens with zero attached hydrogens (tertiary/aromatic N) is 1. The summed E-state index contributed by atoms with van der Waals surface area (Å²) in [4.78, 5) is 13.9. The van der Waals surface area contributed by atoms with E-state index in [1.165, 1.54) is 11.3 Å². The molecule has 0 fully saturated rings. The van der Waals surface area contributed by atoms with E-state index in [4.69, 9.17) is 0 Å². The van der Waals surface area contributed by atoms with E-state index in [1.54, 1.807) is 0 Å². The fourth-order valence-corrected chi connectivity index (χ4v) is 2.46. The topological polar surface area (TPSA) is 44.4 Å². The van der Waals surface area contributed by atoms with Crippen LogP contribution >= 0.6 is 0 Å². The molecular formula is C15H23N3O. The second kappa shape index (κ2) is 6.06. The zero-order valence-electron chi connectivity index (χ0n) is 11.9. The van der Waals surface area contributed by atoms with Gasteiger partial charge in [0.05, 0.1) is 6.54 Å². The molecule has 19 heavy (non-hydrogen) atoms. The first-order valence-corrected chi connectivity index (χ1v) is 6.87. The summed E-state index contributed by atoms with van der Waals surface area (Å²) in [5.74, 6) is 0.0939. The van der Waals surface area contributed by atoms with Crippen LogP contribution in [0.2, 0.25) is 0 Å². The van der Waals surface area contributed by atoms with E-state index >= 15 is 0 Å². The fourth-order valence-electron chi connectivity index (χ4n) is 2.46. The van der Waals surface area contributed by atoms with E-state index in [0.29, 0.717) is 12.6 Å². The SMILES string of the molecule is CC(C)NC(=O)CN(C)C1CNc2ccccc2C1. The molecule has 0 radical (unpaired) electrons. The highest BCUT2D eigenvalue weighted by Gasteiger charge is 2.22. The molecule has 2 rings (SSSR count). The molecule has 1 aliphatic heterocycles. The van der Waals surface area contributed by atoms with Crippen LogP contribution in [0, 0.1) is 0 Å². The maximum atomic E-state index is 11.8. The quantitative estimate of drug-likeness (QED) is 0.863. The highest BCUT2D eigenvalue weighted by Crippen LogP contribution is 2.22. The number of para-hydroxylation sites is 1. The first-order chi connectivity index (χ1) is 9.06. The van der Waals surface area contributed by atoms with Crippen molar-refractivity contribution in [3.05, 3.63) is 29.8 Å². The summed E-state index contributed by atoms with van der Waals surface area (Å²) in [6.07, 6.45) is 0.995. The van der Waals surface area contributed by atoms with Gasteiger partial charge >= 0.3 is 0 Å². The van der Waals surface area contributed by atoms with Crippen LogP contribution in [0.25, 0.3) is 0 Å². The third-order valence-electron chi connectivity index (χ3n) is 3.47. The number of nitrogens with one attached hydrogen (secondary N) is 2. The van der Waals surface area contributed by atoms with E-state index < -0.39 is 0 Å². The summed E-state index contributed by atoms with van der Waals surface area (Å²) in [6, 6.07) is 8.94. The summed E-state index contributed by atoms with van der Waals surface area (Å²) in [6.45, 7) is 5.31. The number of carbonyl (C=O) groups is 1. The maximum absolute atomic E-state index is 11.8. The normalized spacial score (nSPS) is 18.1. The summed E-state index contributed by atoms with van der Waals surface area (Å²) in [7, 11) is 2.01. The van der Waals surface area contributed by atoms with Gasteiger partial charge in [-0.15, -0.1) is 0 Å². The number of rotatable bonds is 4. The van der Waals surface area contributed by atoms with Crippen LogP contribution in [0.3, 0.4) is 0 Å². The molecular weight excluding hydrogens is 238 g/mol. The van der Waals surface area contributed by atoms with Crippen molar-refractivity contribution in [1.82, 2.24) is 10.2 Å². The second-order valence-corrected chi connectivity index (χ2v) is 5.53. The fraction of sp³-hybridized carbons (Fsp3) is 0.533. The summed E-state index contributed by atoms with van der Waals surface area (Å²) < 4.78 is 0. The van der Waals surface area contributed by atoms with Gasteiger partial charge < -0.3 is 10.6 Å². The maximum Gasteiger partial charge on any atom is 0.234 e.